The molecule has 1 aromatic rings. The second-order valence-corrected chi connectivity index (χ2v) is 5.43. The van der Waals surface area contributed by atoms with Crippen LogP contribution in [0.4, 0.5) is 4.39 Å². The highest BCUT2D eigenvalue weighted by Crippen LogP contribution is 2.25. The molecule has 4 heteroatoms. The minimum absolute atomic E-state index is 0.0151. The van der Waals surface area contributed by atoms with Crippen molar-refractivity contribution < 1.29 is 9.18 Å². The van der Waals surface area contributed by atoms with Gasteiger partial charge in [-0.05, 0) is 37.1 Å². The molecule has 0 saturated heterocycles. The van der Waals surface area contributed by atoms with Gasteiger partial charge in [0.05, 0.1) is 0 Å². The van der Waals surface area contributed by atoms with Gasteiger partial charge >= 0.3 is 0 Å². The van der Waals surface area contributed by atoms with Crippen molar-refractivity contribution in [1.29, 1.82) is 0 Å². The van der Waals surface area contributed by atoms with E-state index < -0.39 is 0 Å². The molecule has 1 aliphatic rings. The number of nitrogens with zero attached hydrogens (tertiary/aromatic N) is 1. The van der Waals surface area contributed by atoms with E-state index in [1.54, 1.807) is 12.1 Å². The van der Waals surface area contributed by atoms with Crippen molar-refractivity contribution in [3.8, 4) is 0 Å². The summed E-state index contributed by atoms with van der Waals surface area (Å²) in [6, 6.07) is 6.16. The summed E-state index contributed by atoms with van der Waals surface area (Å²) < 4.78 is 12.9. The lowest BCUT2D eigenvalue weighted by atomic mass is 10.1. The zero-order valence-corrected chi connectivity index (χ0v) is 11.8. The van der Waals surface area contributed by atoms with Crippen LogP contribution in [0.3, 0.4) is 0 Å². The molecule has 1 saturated carbocycles. The third-order valence-corrected chi connectivity index (χ3v) is 3.80. The highest BCUT2D eigenvalue weighted by molar-refractivity contribution is 9.09. The predicted octanol–water partition coefficient (Wildman–Crippen LogP) is 3.61. The molecule has 0 N–H and O–H groups in total. The Hall–Kier alpha value is -0.900. The molecule has 0 bridgehead atoms. The molecule has 1 fully saturated rings. The van der Waals surface area contributed by atoms with Gasteiger partial charge in [0.25, 0.3) is 5.91 Å². The lowest BCUT2D eigenvalue weighted by molar-refractivity contribution is 0.0696. The van der Waals surface area contributed by atoms with Crippen LogP contribution in [0, 0.1) is 5.82 Å². The molecule has 0 radical (unpaired) electrons. The molecule has 0 heterocycles. The fourth-order valence-electron chi connectivity index (χ4n) is 2.52. The molecule has 0 aliphatic heterocycles. The SMILES string of the molecule is O=C(c1ccc(F)cc1)N(CCBr)C1CCCC1. The molecule has 1 aliphatic carbocycles. The Balaban J connectivity index is 2.14. The summed E-state index contributed by atoms with van der Waals surface area (Å²) in [6.45, 7) is 0.709. The first-order valence-electron chi connectivity index (χ1n) is 6.35. The lowest BCUT2D eigenvalue weighted by Gasteiger charge is -2.28. The normalized spacial score (nSPS) is 15.9. The number of amides is 1. The number of carbonyl (C=O) groups excluding carboxylic acids is 1. The maximum atomic E-state index is 12.9. The lowest BCUT2D eigenvalue weighted by Crippen LogP contribution is -2.40. The number of hydrogen-bond donors (Lipinski definition) is 0. The zero-order valence-electron chi connectivity index (χ0n) is 10.2. The van der Waals surface area contributed by atoms with E-state index in [1.165, 1.54) is 25.0 Å². The highest BCUT2D eigenvalue weighted by atomic mass is 79.9. The van der Waals surface area contributed by atoms with Crippen molar-refractivity contribution in [1.82, 2.24) is 4.90 Å². The zero-order chi connectivity index (χ0) is 13.0. The monoisotopic (exact) mass is 313 g/mol. The van der Waals surface area contributed by atoms with Crippen LogP contribution in [0.5, 0.6) is 0 Å². The van der Waals surface area contributed by atoms with E-state index in [0.29, 0.717) is 18.2 Å². The first-order chi connectivity index (χ1) is 8.72. The van der Waals surface area contributed by atoms with Gasteiger partial charge in [-0.2, -0.15) is 0 Å². The second kappa shape index (κ2) is 6.32. The predicted molar refractivity (Wildman–Crippen MR) is 73.5 cm³/mol. The van der Waals surface area contributed by atoms with Crippen molar-refractivity contribution >= 4 is 21.8 Å². The second-order valence-electron chi connectivity index (χ2n) is 4.63. The number of hydrogen-bond acceptors (Lipinski definition) is 1. The van der Waals surface area contributed by atoms with E-state index in [4.69, 9.17) is 0 Å². The van der Waals surface area contributed by atoms with Crippen LogP contribution in [0.1, 0.15) is 36.0 Å². The summed E-state index contributed by atoms with van der Waals surface area (Å²) in [5, 5.41) is 0.774. The summed E-state index contributed by atoms with van der Waals surface area (Å²) in [7, 11) is 0. The highest BCUT2D eigenvalue weighted by Gasteiger charge is 2.26. The average Bonchev–Trinajstić information content (AvgIpc) is 2.90. The van der Waals surface area contributed by atoms with Gasteiger partial charge in [0.2, 0.25) is 0 Å². The van der Waals surface area contributed by atoms with Crippen LogP contribution in [0.2, 0.25) is 0 Å². The van der Waals surface area contributed by atoms with Gasteiger partial charge in [0, 0.05) is 23.5 Å². The molecule has 0 atom stereocenters. The summed E-state index contributed by atoms with van der Waals surface area (Å²) >= 11 is 3.40. The van der Waals surface area contributed by atoms with E-state index in [1.807, 2.05) is 4.90 Å². The fourth-order valence-corrected chi connectivity index (χ4v) is 2.90. The molecule has 0 spiro atoms. The molecule has 2 nitrogen and oxygen atoms in total. The minimum Gasteiger partial charge on any atom is -0.335 e. The van der Waals surface area contributed by atoms with E-state index in [0.717, 1.165) is 18.2 Å². The molecule has 2 rings (SSSR count). The third kappa shape index (κ3) is 3.10. The van der Waals surface area contributed by atoms with E-state index in [-0.39, 0.29) is 11.7 Å². The number of alkyl halides is 1. The van der Waals surface area contributed by atoms with Crippen molar-refractivity contribution in [3.63, 3.8) is 0 Å². The maximum Gasteiger partial charge on any atom is 0.254 e. The van der Waals surface area contributed by atoms with Crippen LogP contribution in [0.25, 0.3) is 0 Å². The third-order valence-electron chi connectivity index (χ3n) is 3.44. The standard InChI is InChI=1S/C14H17BrFNO/c15-9-10-17(13-3-1-2-4-13)14(18)11-5-7-12(16)8-6-11/h5-8,13H,1-4,9-10H2. The first kappa shape index (κ1) is 13.5. The van der Waals surface area contributed by atoms with E-state index in [9.17, 15) is 9.18 Å². The number of benzene rings is 1. The number of halogens is 2. The molecule has 0 aromatic heterocycles. The van der Waals surface area contributed by atoms with Crippen molar-refractivity contribution in [2.45, 2.75) is 31.7 Å². The molecule has 18 heavy (non-hydrogen) atoms. The van der Waals surface area contributed by atoms with Gasteiger partial charge < -0.3 is 4.90 Å². The molecule has 0 unspecified atom stereocenters. The van der Waals surface area contributed by atoms with Crippen molar-refractivity contribution in [2.75, 3.05) is 11.9 Å². The van der Waals surface area contributed by atoms with Gasteiger partial charge in [0.1, 0.15) is 5.82 Å². The van der Waals surface area contributed by atoms with E-state index >= 15 is 0 Å². The molecule has 98 valence electrons. The first-order valence-corrected chi connectivity index (χ1v) is 7.47. The number of rotatable bonds is 4. The number of carbonyl (C=O) groups is 1. The quantitative estimate of drug-likeness (QED) is 0.778. The van der Waals surface area contributed by atoms with Gasteiger partial charge in [-0.25, -0.2) is 4.39 Å². The minimum atomic E-state index is -0.306. The largest absolute Gasteiger partial charge is 0.335 e. The van der Waals surface area contributed by atoms with Crippen molar-refractivity contribution in [2.24, 2.45) is 0 Å². The van der Waals surface area contributed by atoms with Gasteiger partial charge in [0.15, 0.2) is 0 Å². The molecule has 1 aromatic carbocycles. The van der Waals surface area contributed by atoms with Crippen LogP contribution in [-0.4, -0.2) is 28.7 Å². The fraction of sp³-hybridized carbons (Fsp3) is 0.500. The summed E-state index contributed by atoms with van der Waals surface area (Å²) in [6.07, 6.45) is 4.56. The van der Waals surface area contributed by atoms with Gasteiger partial charge in [-0.15, -0.1) is 0 Å². The van der Waals surface area contributed by atoms with Gasteiger partial charge in [-0.3, -0.25) is 4.79 Å². The van der Waals surface area contributed by atoms with Gasteiger partial charge in [-0.1, -0.05) is 28.8 Å². The van der Waals surface area contributed by atoms with E-state index in [2.05, 4.69) is 15.9 Å². The summed E-state index contributed by atoms with van der Waals surface area (Å²) in [5.41, 5.74) is 0.573. The Kier molecular flexibility index (Phi) is 4.75. The topological polar surface area (TPSA) is 20.3 Å². The Bertz CT molecular complexity index is 401. The Morgan fingerprint density at radius 1 is 1.28 bits per heavy atom. The van der Waals surface area contributed by atoms with Crippen LogP contribution in [0.15, 0.2) is 24.3 Å². The Morgan fingerprint density at radius 3 is 2.44 bits per heavy atom. The summed E-state index contributed by atoms with van der Waals surface area (Å²) in [4.78, 5) is 14.3. The Labute approximate surface area is 115 Å². The summed E-state index contributed by atoms with van der Waals surface area (Å²) in [5.74, 6) is -0.291. The molecular formula is C14H17BrFNO. The smallest absolute Gasteiger partial charge is 0.254 e. The van der Waals surface area contributed by atoms with Crippen molar-refractivity contribution in [3.05, 3.63) is 35.6 Å². The molecular weight excluding hydrogens is 297 g/mol. The molecule has 1 amide bonds. The van der Waals surface area contributed by atoms with Crippen LogP contribution < -0.4 is 0 Å². The van der Waals surface area contributed by atoms with Crippen LogP contribution in [-0.2, 0) is 0 Å². The maximum absolute atomic E-state index is 12.9. The average molecular weight is 314 g/mol. The van der Waals surface area contributed by atoms with Crippen LogP contribution >= 0.6 is 15.9 Å². The Morgan fingerprint density at radius 2 is 1.89 bits per heavy atom.